The average molecular weight is 374 g/mol. The van der Waals surface area contributed by atoms with Crippen molar-refractivity contribution in [3.05, 3.63) is 48.0 Å². The Morgan fingerprint density at radius 2 is 2.00 bits per heavy atom. The Labute approximate surface area is 156 Å². The van der Waals surface area contributed by atoms with Crippen molar-refractivity contribution in [3.8, 4) is 11.5 Å². The smallest absolute Gasteiger partial charge is 0.190 e. The molecule has 0 aliphatic carbocycles. The molecule has 0 radical (unpaired) electrons. The first-order valence-corrected chi connectivity index (χ1v) is 9.03. The molecule has 0 saturated heterocycles. The predicted octanol–water partition coefficient (Wildman–Crippen LogP) is 3.84. The van der Waals surface area contributed by atoms with E-state index in [2.05, 4.69) is 15.6 Å². The molecule has 1 aromatic heterocycles. The minimum absolute atomic E-state index is 0.556. The summed E-state index contributed by atoms with van der Waals surface area (Å²) in [5.74, 6) is 1.65. The van der Waals surface area contributed by atoms with Crippen molar-refractivity contribution in [2.75, 3.05) is 26.1 Å². The standard InChI is InChI=1S/C18H19N3O2S2/c1-22-13-7-8-15(23-2)12(11-13)9-10-19-17(24)21-18-20-14-5-3-4-6-16(14)25-18/h3-8,11H,9-10H2,1-2H3,(H2,19,20,21,24). The lowest BCUT2D eigenvalue weighted by atomic mass is 10.1. The van der Waals surface area contributed by atoms with E-state index in [1.165, 1.54) is 0 Å². The molecule has 130 valence electrons. The normalized spacial score (nSPS) is 10.5. The van der Waals surface area contributed by atoms with E-state index in [4.69, 9.17) is 21.7 Å². The molecule has 2 aromatic carbocycles. The van der Waals surface area contributed by atoms with Crippen molar-refractivity contribution in [2.45, 2.75) is 6.42 Å². The summed E-state index contributed by atoms with van der Waals surface area (Å²) in [7, 11) is 3.32. The highest BCUT2D eigenvalue weighted by atomic mass is 32.1. The Morgan fingerprint density at radius 1 is 1.16 bits per heavy atom. The second kappa shape index (κ2) is 8.13. The quantitative estimate of drug-likeness (QED) is 0.640. The van der Waals surface area contributed by atoms with Gasteiger partial charge in [0, 0.05) is 6.54 Å². The lowest BCUT2D eigenvalue weighted by molar-refractivity contribution is 0.398. The summed E-state index contributed by atoms with van der Waals surface area (Å²) in [6, 6.07) is 13.8. The van der Waals surface area contributed by atoms with E-state index in [9.17, 15) is 0 Å². The number of thiazole rings is 1. The van der Waals surface area contributed by atoms with E-state index in [0.29, 0.717) is 11.7 Å². The minimum Gasteiger partial charge on any atom is -0.497 e. The summed E-state index contributed by atoms with van der Waals surface area (Å²) >= 11 is 6.93. The number of methoxy groups -OCH3 is 2. The molecule has 25 heavy (non-hydrogen) atoms. The Kier molecular flexibility index (Phi) is 5.67. The van der Waals surface area contributed by atoms with Gasteiger partial charge >= 0.3 is 0 Å². The number of ether oxygens (including phenoxy) is 2. The zero-order chi connectivity index (χ0) is 17.6. The predicted molar refractivity (Wildman–Crippen MR) is 107 cm³/mol. The molecule has 0 atom stereocenters. The van der Waals surface area contributed by atoms with Gasteiger partial charge in [-0.1, -0.05) is 23.5 Å². The van der Waals surface area contributed by atoms with Crippen LogP contribution < -0.4 is 20.1 Å². The fourth-order valence-corrected chi connectivity index (χ4v) is 3.59. The second-order valence-corrected chi connectivity index (χ2v) is 6.73. The molecular formula is C18H19N3O2S2. The monoisotopic (exact) mass is 373 g/mol. The second-order valence-electron chi connectivity index (χ2n) is 5.30. The molecule has 5 nitrogen and oxygen atoms in total. The van der Waals surface area contributed by atoms with E-state index < -0.39 is 0 Å². The number of nitrogens with one attached hydrogen (secondary N) is 2. The van der Waals surface area contributed by atoms with Crippen molar-refractivity contribution < 1.29 is 9.47 Å². The van der Waals surface area contributed by atoms with Gasteiger partial charge in [-0.15, -0.1) is 0 Å². The number of aromatic nitrogens is 1. The minimum atomic E-state index is 0.556. The highest BCUT2D eigenvalue weighted by Crippen LogP contribution is 2.25. The third kappa shape index (κ3) is 4.37. The topological polar surface area (TPSA) is 55.4 Å². The number of fused-ring (bicyclic) bond motifs is 1. The molecule has 0 saturated carbocycles. The van der Waals surface area contributed by atoms with Gasteiger partial charge in [0.05, 0.1) is 24.4 Å². The van der Waals surface area contributed by atoms with Crippen LogP contribution >= 0.6 is 23.6 Å². The van der Waals surface area contributed by atoms with Gasteiger partial charge in [-0.25, -0.2) is 4.98 Å². The molecule has 0 spiro atoms. The largest absolute Gasteiger partial charge is 0.497 e. The van der Waals surface area contributed by atoms with Gasteiger partial charge in [0.25, 0.3) is 0 Å². The highest BCUT2D eigenvalue weighted by molar-refractivity contribution is 7.80. The van der Waals surface area contributed by atoms with Crippen LogP contribution in [0.15, 0.2) is 42.5 Å². The summed E-state index contributed by atoms with van der Waals surface area (Å²) in [4.78, 5) is 4.51. The fraction of sp³-hybridized carbons (Fsp3) is 0.222. The van der Waals surface area contributed by atoms with E-state index in [0.717, 1.165) is 38.8 Å². The molecule has 0 amide bonds. The summed E-state index contributed by atoms with van der Waals surface area (Å²) in [5.41, 5.74) is 2.04. The van der Waals surface area contributed by atoms with Gasteiger partial charge in [0.2, 0.25) is 0 Å². The zero-order valence-corrected chi connectivity index (χ0v) is 15.7. The van der Waals surface area contributed by atoms with Crippen molar-refractivity contribution in [2.24, 2.45) is 0 Å². The van der Waals surface area contributed by atoms with Crippen LogP contribution in [-0.2, 0) is 6.42 Å². The number of hydrogen-bond acceptors (Lipinski definition) is 5. The van der Waals surface area contributed by atoms with Gasteiger partial charge in [0.1, 0.15) is 11.5 Å². The van der Waals surface area contributed by atoms with Crippen LogP contribution in [-0.4, -0.2) is 30.9 Å². The maximum Gasteiger partial charge on any atom is 0.190 e. The van der Waals surface area contributed by atoms with Crippen molar-refractivity contribution in [1.82, 2.24) is 10.3 Å². The highest BCUT2D eigenvalue weighted by Gasteiger charge is 2.07. The number of thiocarbonyl (C=S) groups is 1. The maximum atomic E-state index is 5.39. The molecule has 1 heterocycles. The molecule has 7 heteroatoms. The molecule has 0 unspecified atom stereocenters. The van der Waals surface area contributed by atoms with Crippen LogP contribution in [0.1, 0.15) is 5.56 Å². The zero-order valence-electron chi connectivity index (χ0n) is 14.0. The van der Waals surface area contributed by atoms with Crippen molar-refractivity contribution >= 4 is 44.0 Å². The van der Waals surface area contributed by atoms with Crippen molar-refractivity contribution in [3.63, 3.8) is 0 Å². The van der Waals surface area contributed by atoms with Gasteiger partial charge < -0.3 is 20.1 Å². The van der Waals surface area contributed by atoms with Gasteiger partial charge in [-0.2, -0.15) is 0 Å². The third-order valence-corrected chi connectivity index (χ3v) is 4.88. The van der Waals surface area contributed by atoms with E-state index in [1.807, 2.05) is 42.5 Å². The lowest BCUT2D eigenvalue weighted by Gasteiger charge is -2.12. The molecule has 0 bridgehead atoms. The van der Waals surface area contributed by atoms with Crippen molar-refractivity contribution in [1.29, 1.82) is 0 Å². The first kappa shape index (κ1) is 17.4. The molecule has 2 N–H and O–H groups in total. The van der Waals surface area contributed by atoms with Crippen LogP contribution in [0.4, 0.5) is 5.13 Å². The van der Waals surface area contributed by atoms with Crippen LogP contribution in [0.25, 0.3) is 10.2 Å². The number of para-hydroxylation sites is 1. The Morgan fingerprint density at radius 3 is 2.76 bits per heavy atom. The van der Waals surface area contributed by atoms with Gasteiger partial charge in [-0.3, -0.25) is 0 Å². The van der Waals surface area contributed by atoms with Crippen LogP contribution in [0.5, 0.6) is 11.5 Å². The van der Waals surface area contributed by atoms with E-state index >= 15 is 0 Å². The Balaban J connectivity index is 1.56. The third-order valence-electron chi connectivity index (χ3n) is 3.68. The molecule has 3 aromatic rings. The number of anilines is 1. The van der Waals surface area contributed by atoms with Gasteiger partial charge in [0.15, 0.2) is 10.2 Å². The summed E-state index contributed by atoms with van der Waals surface area (Å²) < 4.78 is 11.8. The summed E-state index contributed by atoms with van der Waals surface area (Å²) in [6.07, 6.45) is 0.766. The van der Waals surface area contributed by atoms with Crippen LogP contribution in [0, 0.1) is 0 Å². The molecular weight excluding hydrogens is 354 g/mol. The fourth-order valence-electron chi connectivity index (χ4n) is 2.45. The van der Waals surface area contributed by atoms with E-state index in [-0.39, 0.29) is 0 Å². The SMILES string of the molecule is COc1ccc(OC)c(CCNC(=S)Nc2nc3ccccc3s2)c1. The van der Waals surface area contributed by atoms with Crippen LogP contribution in [0.3, 0.4) is 0 Å². The average Bonchev–Trinajstić information content (AvgIpc) is 3.03. The number of rotatable bonds is 6. The maximum absolute atomic E-state index is 5.39. The van der Waals surface area contributed by atoms with E-state index in [1.54, 1.807) is 25.6 Å². The number of benzene rings is 2. The Bertz CT molecular complexity index is 847. The number of nitrogens with zero attached hydrogens (tertiary/aromatic N) is 1. The molecule has 0 aliphatic heterocycles. The lowest BCUT2D eigenvalue weighted by Crippen LogP contribution is -2.30. The molecule has 3 rings (SSSR count). The molecule has 0 aliphatic rings. The van der Waals surface area contributed by atoms with Crippen LogP contribution in [0.2, 0.25) is 0 Å². The summed E-state index contributed by atoms with van der Waals surface area (Å²) in [5, 5.41) is 7.69. The number of hydrogen-bond donors (Lipinski definition) is 2. The molecule has 0 fully saturated rings. The summed E-state index contributed by atoms with van der Waals surface area (Å²) in [6.45, 7) is 0.681. The van der Waals surface area contributed by atoms with Gasteiger partial charge in [-0.05, 0) is 54.5 Å². The first-order chi connectivity index (χ1) is 12.2. The Hall–Kier alpha value is -2.38. The first-order valence-electron chi connectivity index (χ1n) is 7.81.